The number of nitrogens with zero attached hydrogens (tertiary/aromatic N) is 1. The van der Waals surface area contributed by atoms with E-state index in [2.05, 4.69) is 74.6 Å². The molecule has 0 aliphatic heterocycles. The zero-order valence-corrected chi connectivity index (χ0v) is 40.1. The Labute approximate surface area is 375 Å². The van der Waals surface area contributed by atoms with E-state index in [0.29, 0.717) is 12.8 Å². The Bertz CT molecular complexity index is 1180. The van der Waals surface area contributed by atoms with E-state index in [4.69, 9.17) is 14.2 Å². The monoisotopic (exact) mass is 856 g/mol. The Morgan fingerprint density at radius 3 is 1.38 bits per heavy atom. The van der Waals surface area contributed by atoms with Crippen LogP contribution in [-0.2, 0) is 28.6 Å². The number of allylic oxidation sites excluding steroid dienone is 10. The van der Waals surface area contributed by atoms with Crippen LogP contribution in [0.4, 0.5) is 0 Å². The molecule has 0 spiro atoms. The molecule has 2 unspecified atom stereocenters. The van der Waals surface area contributed by atoms with Crippen LogP contribution in [-0.4, -0.2) is 75.5 Å². The fraction of sp³-hybridized carbons (Fsp3) is 0.755. The van der Waals surface area contributed by atoms with Crippen molar-refractivity contribution in [2.75, 3.05) is 41.0 Å². The van der Waals surface area contributed by atoms with Crippen molar-refractivity contribution in [3.63, 3.8) is 0 Å². The molecule has 0 rings (SSSR count). The molecular formula is C53H93NO7. The van der Waals surface area contributed by atoms with Crippen LogP contribution >= 0.6 is 0 Å². The number of rotatable bonds is 44. The summed E-state index contributed by atoms with van der Waals surface area (Å²) in [5.41, 5.74) is 0. The lowest BCUT2D eigenvalue weighted by Gasteiger charge is -2.34. The van der Waals surface area contributed by atoms with Crippen molar-refractivity contribution < 1.29 is 38.2 Å². The predicted octanol–water partition coefficient (Wildman–Crippen LogP) is 12.8. The summed E-state index contributed by atoms with van der Waals surface area (Å²) in [6.07, 6.45) is 53.8. The molecule has 0 amide bonds. The molecule has 61 heavy (non-hydrogen) atoms. The van der Waals surface area contributed by atoms with Crippen LogP contribution in [0.5, 0.6) is 0 Å². The number of quaternary nitrogens is 1. The quantitative estimate of drug-likeness (QED) is 0.0260. The van der Waals surface area contributed by atoms with Gasteiger partial charge in [0.1, 0.15) is 12.6 Å². The summed E-state index contributed by atoms with van der Waals surface area (Å²) in [6.45, 7) is 4.54. The van der Waals surface area contributed by atoms with Gasteiger partial charge in [-0.1, -0.05) is 171 Å². The van der Waals surface area contributed by atoms with Crippen LogP contribution in [0.1, 0.15) is 206 Å². The number of carbonyl (C=O) groups is 3. The first-order valence-corrected chi connectivity index (χ1v) is 24.8. The lowest BCUT2D eigenvalue weighted by atomic mass is 10.1. The molecule has 0 aromatic heterocycles. The van der Waals surface area contributed by atoms with E-state index < -0.39 is 18.1 Å². The molecule has 0 aliphatic carbocycles. The van der Waals surface area contributed by atoms with Crippen molar-refractivity contribution in [1.29, 1.82) is 0 Å². The van der Waals surface area contributed by atoms with E-state index in [1.807, 2.05) is 0 Å². The van der Waals surface area contributed by atoms with Crippen molar-refractivity contribution in [3.05, 3.63) is 60.8 Å². The van der Waals surface area contributed by atoms with Crippen molar-refractivity contribution >= 4 is 17.9 Å². The smallest absolute Gasteiger partial charge is 0.306 e. The molecule has 0 saturated heterocycles. The maximum atomic E-state index is 12.8. The van der Waals surface area contributed by atoms with Crippen LogP contribution in [0.2, 0.25) is 0 Å². The van der Waals surface area contributed by atoms with Gasteiger partial charge in [0.25, 0.3) is 0 Å². The van der Waals surface area contributed by atoms with Crippen LogP contribution < -0.4 is 5.11 Å². The highest BCUT2D eigenvalue weighted by atomic mass is 16.6. The summed E-state index contributed by atoms with van der Waals surface area (Å²) >= 11 is 0. The lowest BCUT2D eigenvalue weighted by molar-refractivity contribution is -0.889. The number of unbranched alkanes of at least 4 members (excludes halogenated alkanes) is 20. The molecule has 0 aromatic rings. The molecule has 0 saturated carbocycles. The maximum Gasteiger partial charge on any atom is 0.306 e. The van der Waals surface area contributed by atoms with Gasteiger partial charge in [0.15, 0.2) is 6.10 Å². The molecule has 0 heterocycles. The summed E-state index contributed by atoms with van der Waals surface area (Å²) < 4.78 is 17.2. The van der Waals surface area contributed by atoms with E-state index in [1.165, 1.54) is 96.3 Å². The van der Waals surface area contributed by atoms with Gasteiger partial charge < -0.3 is 28.6 Å². The van der Waals surface area contributed by atoms with Crippen LogP contribution in [0.25, 0.3) is 0 Å². The molecule has 0 bridgehead atoms. The Morgan fingerprint density at radius 1 is 0.508 bits per heavy atom. The second kappa shape index (κ2) is 43.7. The SMILES string of the molecule is CC/C=C\C/C=C\C/C=C\C/C=C\CCCCCCCCC(=O)OC(COCCC(C(=O)[O-])[N+](C)(C)C)COC(=O)CCCCCCCCC/C=C\CCCCCCCCC. The summed E-state index contributed by atoms with van der Waals surface area (Å²) in [7, 11) is 5.40. The number of carbonyl (C=O) groups excluding carboxylic acids is 3. The molecule has 352 valence electrons. The van der Waals surface area contributed by atoms with Crippen molar-refractivity contribution in [2.45, 2.75) is 219 Å². The number of ether oxygens (including phenoxy) is 3. The second-order valence-electron chi connectivity index (χ2n) is 17.7. The Balaban J connectivity index is 4.31. The summed E-state index contributed by atoms with van der Waals surface area (Å²) in [6, 6.07) is -0.731. The first-order valence-electron chi connectivity index (χ1n) is 24.8. The maximum absolute atomic E-state index is 12.8. The zero-order chi connectivity index (χ0) is 44.9. The first kappa shape index (κ1) is 58.0. The number of esters is 2. The molecule has 0 fully saturated rings. The molecule has 8 nitrogen and oxygen atoms in total. The summed E-state index contributed by atoms with van der Waals surface area (Å²) in [5.74, 6) is -1.76. The third-order valence-electron chi connectivity index (χ3n) is 10.9. The van der Waals surface area contributed by atoms with Crippen molar-refractivity contribution in [2.24, 2.45) is 0 Å². The standard InChI is InChI=1S/C53H93NO7/c1-6-8-10-12-14-16-18-20-22-24-26-28-30-32-34-36-38-40-42-44-52(56)61-49(47-59-46-45-50(53(57)58)54(3,4)5)48-60-51(55)43-41-39-37-35-33-31-29-27-25-23-21-19-17-15-13-11-9-7-2/h8,10,14,16,20,22-23,25-26,28,49-50H,6-7,9,11-13,15,17-19,21,24,27,29-48H2,1-5H3/b10-8-,16-14-,22-20-,25-23-,28-26-. The summed E-state index contributed by atoms with van der Waals surface area (Å²) in [5, 5.41) is 11.7. The third-order valence-corrected chi connectivity index (χ3v) is 10.9. The van der Waals surface area contributed by atoms with Gasteiger partial charge in [0.2, 0.25) is 0 Å². The normalized spacial score (nSPS) is 13.4. The number of hydrogen-bond donors (Lipinski definition) is 0. The van der Waals surface area contributed by atoms with Crippen LogP contribution in [0, 0.1) is 0 Å². The number of aliphatic carboxylic acids is 1. The zero-order valence-electron chi connectivity index (χ0n) is 40.1. The third kappa shape index (κ3) is 42.1. The number of hydrogen-bond acceptors (Lipinski definition) is 7. The fourth-order valence-corrected chi connectivity index (χ4v) is 7.06. The Kier molecular flexibility index (Phi) is 41.5. The highest BCUT2D eigenvalue weighted by Crippen LogP contribution is 2.14. The number of carboxylic acid groups (broad SMARTS) is 1. The molecule has 0 radical (unpaired) electrons. The highest BCUT2D eigenvalue weighted by molar-refractivity contribution is 5.70. The van der Waals surface area contributed by atoms with Crippen molar-refractivity contribution in [3.8, 4) is 0 Å². The topological polar surface area (TPSA) is 102 Å². The van der Waals surface area contributed by atoms with Gasteiger partial charge in [-0.05, 0) is 77.0 Å². The molecule has 8 heteroatoms. The van der Waals surface area contributed by atoms with Gasteiger partial charge in [-0.3, -0.25) is 9.59 Å². The number of carboxylic acids is 1. The number of likely N-dealkylation sites (N-methyl/N-ethyl adjacent to an activating group) is 1. The van der Waals surface area contributed by atoms with Gasteiger partial charge in [-0.25, -0.2) is 0 Å². The second-order valence-corrected chi connectivity index (χ2v) is 17.7. The first-order chi connectivity index (χ1) is 29.6. The average molecular weight is 856 g/mol. The minimum absolute atomic E-state index is 0.0319. The Hall–Kier alpha value is -2.97. The molecule has 0 aliphatic rings. The van der Waals surface area contributed by atoms with E-state index in [9.17, 15) is 19.5 Å². The highest BCUT2D eigenvalue weighted by Gasteiger charge is 2.25. The largest absolute Gasteiger partial charge is 0.544 e. The van der Waals surface area contributed by atoms with Gasteiger partial charge in [0.05, 0.1) is 40.3 Å². The van der Waals surface area contributed by atoms with Gasteiger partial charge in [-0.2, -0.15) is 0 Å². The fourth-order valence-electron chi connectivity index (χ4n) is 7.06. The molecule has 2 atom stereocenters. The lowest BCUT2D eigenvalue weighted by Crippen LogP contribution is -2.55. The summed E-state index contributed by atoms with van der Waals surface area (Å²) in [4.78, 5) is 37.0. The minimum Gasteiger partial charge on any atom is -0.544 e. The minimum atomic E-state index is -1.13. The molecular weight excluding hydrogens is 763 g/mol. The molecule has 0 N–H and O–H groups in total. The van der Waals surface area contributed by atoms with E-state index in [-0.39, 0.29) is 42.7 Å². The van der Waals surface area contributed by atoms with Gasteiger partial charge in [0, 0.05) is 19.3 Å². The van der Waals surface area contributed by atoms with Crippen molar-refractivity contribution in [1.82, 2.24) is 0 Å². The van der Waals surface area contributed by atoms with E-state index in [0.717, 1.165) is 77.0 Å². The van der Waals surface area contributed by atoms with E-state index >= 15 is 0 Å². The predicted molar refractivity (Wildman–Crippen MR) is 254 cm³/mol. The van der Waals surface area contributed by atoms with E-state index in [1.54, 1.807) is 21.1 Å². The van der Waals surface area contributed by atoms with Crippen LogP contribution in [0.15, 0.2) is 60.8 Å². The Morgan fingerprint density at radius 2 is 0.918 bits per heavy atom. The van der Waals surface area contributed by atoms with Crippen LogP contribution in [0.3, 0.4) is 0 Å². The molecule has 0 aromatic carbocycles. The van der Waals surface area contributed by atoms with Gasteiger partial charge >= 0.3 is 11.9 Å². The average Bonchev–Trinajstić information content (AvgIpc) is 3.22. The van der Waals surface area contributed by atoms with Gasteiger partial charge in [-0.15, -0.1) is 0 Å².